The molecule has 0 saturated carbocycles. The van der Waals surface area contributed by atoms with E-state index in [4.69, 9.17) is 4.74 Å². The van der Waals surface area contributed by atoms with Crippen LogP contribution in [-0.4, -0.2) is 29.5 Å². The number of H-pyrrole nitrogens is 1. The van der Waals surface area contributed by atoms with Crippen molar-refractivity contribution in [3.8, 4) is 5.75 Å². The molecule has 0 spiro atoms. The molecule has 0 radical (unpaired) electrons. The summed E-state index contributed by atoms with van der Waals surface area (Å²) >= 11 is 0. The number of rotatable bonds is 7. The van der Waals surface area contributed by atoms with Crippen molar-refractivity contribution in [2.45, 2.75) is 51.7 Å². The monoisotopic (exact) mass is 376 g/mol. The number of hydrogen-bond acceptors (Lipinski definition) is 4. The number of halogens is 2. The van der Waals surface area contributed by atoms with Crippen LogP contribution < -0.4 is 15.6 Å². The molecule has 0 bridgehead atoms. The number of aromatic amines is 1. The van der Waals surface area contributed by atoms with Crippen molar-refractivity contribution in [2.75, 3.05) is 6.54 Å². The van der Waals surface area contributed by atoms with E-state index < -0.39 is 0 Å². The Kier molecular flexibility index (Phi) is 10.7. The average molecular weight is 377 g/mol. The van der Waals surface area contributed by atoms with Crippen LogP contribution in [0.4, 0.5) is 0 Å². The lowest BCUT2D eigenvalue weighted by atomic mass is 10.1. The van der Waals surface area contributed by atoms with E-state index >= 15 is 0 Å². The van der Waals surface area contributed by atoms with Crippen molar-refractivity contribution in [1.29, 1.82) is 0 Å². The molecular weight excluding hydrogens is 351 g/mol. The summed E-state index contributed by atoms with van der Waals surface area (Å²) in [5.41, 5.74) is 0.507. The molecular formula is C17H26Cl2N2O3. The molecule has 1 aliphatic rings. The molecule has 136 valence electrons. The summed E-state index contributed by atoms with van der Waals surface area (Å²) < 4.78 is 5.80. The van der Waals surface area contributed by atoms with Gasteiger partial charge in [-0.1, -0.05) is 6.92 Å². The highest BCUT2D eigenvalue weighted by atomic mass is 35.5. The van der Waals surface area contributed by atoms with E-state index in [2.05, 4.69) is 10.3 Å². The minimum atomic E-state index is -0.248. The third kappa shape index (κ3) is 6.67. The lowest BCUT2D eigenvalue weighted by molar-refractivity contribution is -0.114. The van der Waals surface area contributed by atoms with Gasteiger partial charge in [0.15, 0.2) is 11.5 Å². The van der Waals surface area contributed by atoms with Gasteiger partial charge >= 0.3 is 0 Å². The van der Waals surface area contributed by atoms with Crippen LogP contribution in [0.15, 0.2) is 23.1 Å². The van der Waals surface area contributed by atoms with Gasteiger partial charge in [-0.3, -0.25) is 9.59 Å². The second-order valence-electron chi connectivity index (χ2n) is 5.70. The average Bonchev–Trinajstić information content (AvgIpc) is 3.02. The van der Waals surface area contributed by atoms with Gasteiger partial charge < -0.3 is 15.0 Å². The number of pyridine rings is 1. The predicted octanol–water partition coefficient (Wildman–Crippen LogP) is 3.12. The molecule has 1 aromatic heterocycles. The van der Waals surface area contributed by atoms with Gasteiger partial charge in [0, 0.05) is 18.7 Å². The third-order valence-electron chi connectivity index (χ3n) is 3.83. The van der Waals surface area contributed by atoms with Gasteiger partial charge in [-0.05, 0) is 56.5 Å². The first kappa shape index (κ1) is 22.7. The van der Waals surface area contributed by atoms with E-state index in [1.807, 2.05) is 13.8 Å². The standard InChI is InChI=1S/C17H24N2O3.2ClH/c1-3-5-14(20)8-7-13-10-16(17(21)19-11-13)22-12(2)15-6-4-9-18-15;;/h7-8,10-12,15,18H,3-6,9H2,1-2H3,(H,19,21);2*1H/t12?,15-;;/m0../s1. The molecule has 1 aromatic rings. The lowest BCUT2D eigenvalue weighted by Gasteiger charge is -2.20. The zero-order valence-corrected chi connectivity index (χ0v) is 15.7. The Balaban J connectivity index is 0.00000264. The van der Waals surface area contributed by atoms with Crippen molar-refractivity contribution in [1.82, 2.24) is 10.3 Å². The molecule has 2 rings (SSSR count). The summed E-state index contributed by atoms with van der Waals surface area (Å²) in [7, 11) is 0. The molecule has 1 aliphatic heterocycles. The molecule has 0 amide bonds. The summed E-state index contributed by atoms with van der Waals surface area (Å²) in [5, 5.41) is 3.37. The van der Waals surface area contributed by atoms with Crippen molar-refractivity contribution in [3.63, 3.8) is 0 Å². The van der Waals surface area contributed by atoms with E-state index in [-0.39, 0.29) is 48.3 Å². The summed E-state index contributed by atoms with van der Waals surface area (Å²) in [6.45, 7) is 4.93. The van der Waals surface area contributed by atoms with E-state index in [9.17, 15) is 9.59 Å². The fourth-order valence-electron chi connectivity index (χ4n) is 2.58. The van der Waals surface area contributed by atoms with E-state index in [1.165, 1.54) is 0 Å². The number of allylic oxidation sites excluding steroid dienone is 1. The maximum Gasteiger partial charge on any atom is 0.290 e. The number of carbonyl (C=O) groups is 1. The maximum atomic E-state index is 11.9. The van der Waals surface area contributed by atoms with Crippen LogP contribution in [-0.2, 0) is 4.79 Å². The van der Waals surface area contributed by atoms with Crippen LogP contribution in [0.25, 0.3) is 6.08 Å². The van der Waals surface area contributed by atoms with Crippen LogP contribution in [0.1, 0.15) is 45.1 Å². The zero-order chi connectivity index (χ0) is 15.9. The molecule has 2 heterocycles. The van der Waals surface area contributed by atoms with Gasteiger partial charge in [-0.2, -0.15) is 0 Å². The Morgan fingerprint density at radius 2 is 2.21 bits per heavy atom. The molecule has 0 aromatic carbocycles. The van der Waals surface area contributed by atoms with Gasteiger partial charge in [-0.15, -0.1) is 24.8 Å². The Morgan fingerprint density at radius 3 is 2.83 bits per heavy atom. The third-order valence-corrected chi connectivity index (χ3v) is 3.83. The van der Waals surface area contributed by atoms with Crippen molar-refractivity contribution < 1.29 is 9.53 Å². The fourth-order valence-corrected chi connectivity index (χ4v) is 2.58. The molecule has 5 nitrogen and oxygen atoms in total. The van der Waals surface area contributed by atoms with Gasteiger partial charge in [0.25, 0.3) is 5.56 Å². The fraction of sp³-hybridized carbons (Fsp3) is 0.529. The molecule has 2 atom stereocenters. The minimum Gasteiger partial charge on any atom is -0.483 e. The topological polar surface area (TPSA) is 71.2 Å². The lowest BCUT2D eigenvalue weighted by Crippen LogP contribution is -2.37. The Morgan fingerprint density at radius 1 is 1.46 bits per heavy atom. The van der Waals surface area contributed by atoms with Crippen LogP contribution in [0.5, 0.6) is 5.75 Å². The van der Waals surface area contributed by atoms with Crippen molar-refractivity contribution >= 4 is 36.7 Å². The molecule has 1 saturated heterocycles. The Labute approximate surface area is 155 Å². The second kappa shape index (κ2) is 11.3. The summed E-state index contributed by atoms with van der Waals surface area (Å²) in [6.07, 6.45) is 8.33. The zero-order valence-electron chi connectivity index (χ0n) is 14.0. The van der Waals surface area contributed by atoms with E-state index in [1.54, 1.807) is 24.4 Å². The van der Waals surface area contributed by atoms with Crippen LogP contribution in [0.2, 0.25) is 0 Å². The second-order valence-corrected chi connectivity index (χ2v) is 5.70. The predicted molar refractivity (Wildman–Crippen MR) is 102 cm³/mol. The first-order valence-corrected chi connectivity index (χ1v) is 7.94. The minimum absolute atomic E-state index is 0. The summed E-state index contributed by atoms with van der Waals surface area (Å²) in [6, 6.07) is 1.96. The number of ketones is 1. The van der Waals surface area contributed by atoms with Crippen LogP contribution in [0, 0.1) is 0 Å². The van der Waals surface area contributed by atoms with E-state index in [0.29, 0.717) is 12.2 Å². The van der Waals surface area contributed by atoms with Crippen molar-refractivity contribution in [2.24, 2.45) is 0 Å². The quantitative estimate of drug-likeness (QED) is 0.717. The number of ether oxygens (including phenoxy) is 1. The maximum absolute atomic E-state index is 11.9. The summed E-state index contributed by atoms with van der Waals surface area (Å²) in [4.78, 5) is 26.0. The number of hydrogen-bond donors (Lipinski definition) is 2. The Bertz CT molecular complexity index is 596. The first-order valence-electron chi connectivity index (χ1n) is 7.94. The highest BCUT2D eigenvalue weighted by Crippen LogP contribution is 2.15. The van der Waals surface area contributed by atoms with E-state index in [0.717, 1.165) is 31.4 Å². The highest BCUT2D eigenvalue weighted by Gasteiger charge is 2.22. The molecule has 1 fully saturated rings. The van der Waals surface area contributed by atoms with Gasteiger partial charge in [-0.25, -0.2) is 0 Å². The van der Waals surface area contributed by atoms with Gasteiger partial charge in [0.2, 0.25) is 0 Å². The van der Waals surface area contributed by atoms with Crippen LogP contribution in [0.3, 0.4) is 0 Å². The van der Waals surface area contributed by atoms with Crippen molar-refractivity contribution in [3.05, 3.63) is 34.3 Å². The van der Waals surface area contributed by atoms with Crippen LogP contribution >= 0.6 is 24.8 Å². The molecule has 1 unspecified atom stereocenters. The summed E-state index contributed by atoms with van der Waals surface area (Å²) in [5.74, 6) is 0.381. The smallest absolute Gasteiger partial charge is 0.290 e. The normalized spacial score (nSPS) is 17.8. The number of nitrogens with one attached hydrogen (secondary N) is 2. The first-order chi connectivity index (χ1) is 10.6. The molecule has 0 aliphatic carbocycles. The molecule has 24 heavy (non-hydrogen) atoms. The van der Waals surface area contributed by atoms with Gasteiger partial charge in [0.1, 0.15) is 6.10 Å². The molecule has 2 N–H and O–H groups in total. The number of carbonyl (C=O) groups excluding carboxylic acids is 1. The largest absolute Gasteiger partial charge is 0.483 e. The SMILES string of the molecule is CCCC(=O)C=Cc1c[nH]c(=O)c(OC(C)[C@@H]2CCCN2)c1.Cl.Cl. The Hall–Kier alpha value is -1.30. The number of aromatic nitrogens is 1. The molecule has 7 heteroatoms. The highest BCUT2D eigenvalue weighted by molar-refractivity contribution is 5.93. The van der Waals surface area contributed by atoms with Gasteiger partial charge in [0.05, 0.1) is 0 Å².